The normalized spacial score (nSPS) is 15.9. The summed E-state index contributed by atoms with van der Waals surface area (Å²) in [6, 6.07) is 13.8. The van der Waals surface area contributed by atoms with Gasteiger partial charge in [0, 0.05) is 52.9 Å². The van der Waals surface area contributed by atoms with Crippen LogP contribution in [0.4, 0.5) is 0 Å². The lowest BCUT2D eigenvalue weighted by Crippen LogP contribution is -2.39. The van der Waals surface area contributed by atoms with Gasteiger partial charge < -0.3 is 14.3 Å². The molecule has 2 aromatic heterocycles. The molecular formula is C21H20ClN3O2. The van der Waals surface area contributed by atoms with E-state index in [1.807, 2.05) is 41.0 Å². The molecule has 0 bridgehead atoms. The highest BCUT2D eigenvalue weighted by Crippen LogP contribution is 2.31. The average Bonchev–Trinajstić information content (AvgIpc) is 3.08. The van der Waals surface area contributed by atoms with Gasteiger partial charge in [0.05, 0.1) is 18.7 Å². The fraction of sp³-hybridized carbons (Fsp3) is 0.286. The molecule has 0 saturated carbocycles. The van der Waals surface area contributed by atoms with Gasteiger partial charge in [0.1, 0.15) is 5.52 Å². The molecule has 138 valence electrons. The van der Waals surface area contributed by atoms with E-state index < -0.39 is 0 Å². The van der Waals surface area contributed by atoms with E-state index in [1.54, 1.807) is 0 Å². The van der Waals surface area contributed by atoms with E-state index in [9.17, 15) is 4.79 Å². The number of ether oxygens (including phenoxy) is 1. The quantitative estimate of drug-likeness (QED) is 0.589. The number of para-hydroxylation sites is 1. The Morgan fingerprint density at radius 1 is 1.04 bits per heavy atom. The van der Waals surface area contributed by atoms with Gasteiger partial charge >= 0.3 is 0 Å². The summed E-state index contributed by atoms with van der Waals surface area (Å²) in [5.41, 5.74) is 2.56. The minimum Gasteiger partial charge on any atom is -0.379 e. The number of nitrogens with zero attached hydrogens (tertiary/aromatic N) is 2. The number of nitrogens with one attached hydrogen (secondary N) is 1. The number of aromatic nitrogens is 2. The maximum atomic E-state index is 13.3. The van der Waals surface area contributed by atoms with E-state index in [0.29, 0.717) is 17.1 Å². The standard InChI is InChI=1S/C21H20ClN3O2/c22-14-5-6-17-16(13-14)19-15-3-1-2-4-18(15)25(21(26)20(19)23-17)8-7-24-9-11-27-12-10-24/h1-6,13,23H,7-12H2. The Labute approximate surface area is 161 Å². The molecule has 0 radical (unpaired) electrons. The van der Waals surface area contributed by atoms with Crippen molar-refractivity contribution in [2.75, 3.05) is 32.8 Å². The predicted octanol–water partition coefficient (Wildman–Crippen LogP) is 3.62. The summed E-state index contributed by atoms with van der Waals surface area (Å²) < 4.78 is 7.31. The van der Waals surface area contributed by atoms with Crippen LogP contribution >= 0.6 is 11.6 Å². The molecule has 0 amide bonds. The fourth-order valence-electron chi connectivity index (χ4n) is 4.06. The predicted molar refractivity (Wildman–Crippen MR) is 110 cm³/mol. The lowest BCUT2D eigenvalue weighted by molar-refractivity contribution is 0.0364. The number of benzene rings is 2. The highest BCUT2D eigenvalue weighted by molar-refractivity contribution is 6.32. The summed E-state index contributed by atoms with van der Waals surface area (Å²) >= 11 is 6.22. The second-order valence-electron chi connectivity index (χ2n) is 6.99. The lowest BCUT2D eigenvalue weighted by atomic mass is 10.1. The van der Waals surface area contributed by atoms with Crippen LogP contribution in [0.15, 0.2) is 47.3 Å². The smallest absolute Gasteiger partial charge is 0.275 e. The van der Waals surface area contributed by atoms with Gasteiger partial charge in [0.25, 0.3) is 5.56 Å². The Bertz CT molecular complexity index is 1200. The third-order valence-electron chi connectivity index (χ3n) is 5.43. The minimum absolute atomic E-state index is 0.0179. The SMILES string of the molecule is O=c1c2[nH]c3ccc(Cl)cc3c2c2ccccc2n1CCN1CCOCC1. The number of H-pyrrole nitrogens is 1. The van der Waals surface area contributed by atoms with Crippen molar-refractivity contribution in [2.45, 2.75) is 6.54 Å². The highest BCUT2D eigenvalue weighted by atomic mass is 35.5. The van der Waals surface area contributed by atoms with Gasteiger partial charge in [-0.2, -0.15) is 0 Å². The molecule has 0 spiro atoms. The van der Waals surface area contributed by atoms with Crippen molar-refractivity contribution in [3.8, 4) is 0 Å². The van der Waals surface area contributed by atoms with Crippen LogP contribution in [0.2, 0.25) is 5.02 Å². The number of fused-ring (bicyclic) bond motifs is 5. The molecule has 6 heteroatoms. The van der Waals surface area contributed by atoms with Gasteiger partial charge in [-0.3, -0.25) is 9.69 Å². The summed E-state index contributed by atoms with van der Waals surface area (Å²) in [6.45, 7) is 4.85. The Hall–Kier alpha value is -2.34. The average molecular weight is 382 g/mol. The zero-order valence-electron chi connectivity index (χ0n) is 14.9. The van der Waals surface area contributed by atoms with Crippen molar-refractivity contribution in [3.63, 3.8) is 0 Å². The molecule has 1 aliphatic heterocycles. The summed E-state index contributed by atoms with van der Waals surface area (Å²) in [6.07, 6.45) is 0. The van der Waals surface area contributed by atoms with Crippen molar-refractivity contribution in [2.24, 2.45) is 0 Å². The first-order valence-corrected chi connectivity index (χ1v) is 9.63. The maximum Gasteiger partial charge on any atom is 0.275 e. The number of hydrogen-bond donors (Lipinski definition) is 1. The Morgan fingerprint density at radius 3 is 2.70 bits per heavy atom. The van der Waals surface area contributed by atoms with E-state index in [1.165, 1.54) is 0 Å². The third kappa shape index (κ3) is 2.83. The molecular weight excluding hydrogens is 362 g/mol. The molecule has 0 aliphatic carbocycles. The van der Waals surface area contributed by atoms with Gasteiger partial charge in [-0.1, -0.05) is 29.8 Å². The van der Waals surface area contributed by atoms with Crippen molar-refractivity contribution in [1.82, 2.24) is 14.5 Å². The second-order valence-corrected chi connectivity index (χ2v) is 7.43. The summed E-state index contributed by atoms with van der Waals surface area (Å²) in [7, 11) is 0. The van der Waals surface area contributed by atoms with Crippen molar-refractivity contribution in [1.29, 1.82) is 0 Å². The van der Waals surface area contributed by atoms with Gasteiger partial charge in [0.2, 0.25) is 0 Å². The van der Waals surface area contributed by atoms with Gasteiger partial charge in [-0.15, -0.1) is 0 Å². The van der Waals surface area contributed by atoms with E-state index in [4.69, 9.17) is 16.3 Å². The number of rotatable bonds is 3. The first kappa shape index (κ1) is 16.8. The van der Waals surface area contributed by atoms with Crippen molar-refractivity contribution in [3.05, 3.63) is 57.8 Å². The van der Waals surface area contributed by atoms with Crippen LogP contribution in [-0.4, -0.2) is 47.3 Å². The van der Waals surface area contributed by atoms with Gasteiger partial charge in [-0.05, 0) is 24.3 Å². The topological polar surface area (TPSA) is 50.3 Å². The molecule has 27 heavy (non-hydrogen) atoms. The second kappa shape index (κ2) is 6.68. The zero-order chi connectivity index (χ0) is 18.4. The summed E-state index contributed by atoms with van der Waals surface area (Å²) in [5.74, 6) is 0. The Kier molecular flexibility index (Phi) is 4.16. The number of halogens is 1. The summed E-state index contributed by atoms with van der Waals surface area (Å²) in [5, 5.41) is 3.69. The monoisotopic (exact) mass is 381 g/mol. The molecule has 5 rings (SSSR count). The van der Waals surface area contributed by atoms with E-state index >= 15 is 0 Å². The van der Waals surface area contributed by atoms with Crippen LogP contribution in [0.25, 0.3) is 32.7 Å². The van der Waals surface area contributed by atoms with E-state index in [0.717, 1.165) is 60.0 Å². The maximum absolute atomic E-state index is 13.3. The molecule has 1 aliphatic rings. The van der Waals surface area contributed by atoms with Crippen LogP contribution in [0.1, 0.15) is 0 Å². The molecule has 1 fully saturated rings. The number of aromatic amines is 1. The van der Waals surface area contributed by atoms with Crippen LogP contribution in [0.3, 0.4) is 0 Å². The van der Waals surface area contributed by atoms with Crippen LogP contribution in [0, 0.1) is 0 Å². The van der Waals surface area contributed by atoms with Crippen molar-refractivity contribution < 1.29 is 4.74 Å². The van der Waals surface area contributed by atoms with Crippen LogP contribution < -0.4 is 5.56 Å². The van der Waals surface area contributed by atoms with Gasteiger partial charge in [0.15, 0.2) is 0 Å². The summed E-state index contributed by atoms with van der Waals surface area (Å²) in [4.78, 5) is 19.0. The first-order valence-electron chi connectivity index (χ1n) is 9.25. The number of pyridine rings is 1. The molecule has 2 aromatic carbocycles. The minimum atomic E-state index is 0.0179. The van der Waals surface area contributed by atoms with E-state index in [-0.39, 0.29) is 5.56 Å². The van der Waals surface area contributed by atoms with Crippen LogP contribution in [-0.2, 0) is 11.3 Å². The highest BCUT2D eigenvalue weighted by Gasteiger charge is 2.17. The van der Waals surface area contributed by atoms with Gasteiger partial charge in [-0.25, -0.2) is 0 Å². The largest absolute Gasteiger partial charge is 0.379 e. The molecule has 1 saturated heterocycles. The molecule has 3 heterocycles. The molecule has 0 unspecified atom stereocenters. The van der Waals surface area contributed by atoms with Crippen molar-refractivity contribution >= 4 is 44.3 Å². The lowest BCUT2D eigenvalue weighted by Gasteiger charge is -2.27. The Balaban J connectivity index is 1.71. The molecule has 1 N–H and O–H groups in total. The third-order valence-corrected chi connectivity index (χ3v) is 5.66. The van der Waals surface area contributed by atoms with E-state index in [2.05, 4.69) is 16.0 Å². The number of hydrogen-bond acceptors (Lipinski definition) is 3. The molecule has 5 nitrogen and oxygen atoms in total. The fourth-order valence-corrected chi connectivity index (χ4v) is 4.23. The molecule has 4 aromatic rings. The van der Waals surface area contributed by atoms with Crippen LogP contribution in [0.5, 0.6) is 0 Å². The Morgan fingerprint density at radius 2 is 1.85 bits per heavy atom. The zero-order valence-corrected chi connectivity index (χ0v) is 15.6. The number of morpholine rings is 1. The first-order chi connectivity index (χ1) is 13.2. The molecule has 0 atom stereocenters.